The number of alkyl halides is 1. The van der Waals surface area contributed by atoms with Crippen molar-refractivity contribution in [2.45, 2.75) is 25.8 Å². The van der Waals surface area contributed by atoms with Crippen molar-refractivity contribution in [3.63, 3.8) is 0 Å². The molecule has 1 nitrogen and oxygen atoms in total. The molecule has 70 valence electrons. The standard InChI is InChI=1S/C11H14BrN/c12-8-13-7-9-4-5-10-2-1-3-11(10)6-9/h4-6,13H,1-3,7-8H2. The molecule has 0 spiro atoms. The van der Waals surface area contributed by atoms with Gasteiger partial charge < -0.3 is 5.32 Å². The monoisotopic (exact) mass is 239 g/mol. The van der Waals surface area contributed by atoms with Gasteiger partial charge in [0.05, 0.1) is 5.45 Å². The predicted molar refractivity (Wildman–Crippen MR) is 59.1 cm³/mol. The lowest BCUT2D eigenvalue weighted by atomic mass is 10.1. The highest BCUT2D eigenvalue weighted by Gasteiger charge is 2.09. The van der Waals surface area contributed by atoms with E-state index >= 15 is 0 Å². The van der Waals surface area contributed by atoms with Gasteiger partial charge >= 0.3 is 0 Å². The third kappa shape index (κ3) is 2.12. The molecule has 1 aromatic carbocycles. The van der Waals surface area contributed by atoms with Crippen LogP contribution in [0.5, 0.6) is 0 Å². The van der Waals surface area contributed by atoms with E-state index in [9.17, 15) is 0 Å². The molecule has 0 fully saturated rings. The highest BCUT2D eigenvalue weighted by Crippen LogP contribution is 2.22. The van der Waals surface area contributed by atoms with Gasteiger partial charge in [-0.1, -0.05) is 34.1 Å². The van der Waals surface area contributed by atoms with Crippen LogP contribution in [0.3, 0.4) is 0 Å². The smallest absolute Gasteiger partial charge is 0.0519 e. The fraction of sp³-hybridized carbons (Fsp3) is 0.455. The number of fused-ring (bicyclic) bond motifs is 1. The average molecular weight is 240 g/mol. The van der Waals surface area contributed by atoms with Gasteiger partial charge in [0.1, 0.15) is 0 Å². The maximum atomic E-state index is 3.36. The molecule has 2 rings (SSSR count). The Labute approximate surface area is 87.7 Å². The summed E-state index contributed by atoms with van der Waals surface area (Å²) in [6, 6.07) is 6.87. The number of nitrogens with one attached hydrogen (secondary N) is 1. The first kappa shape index (κ1) is 9.22. The largest absolute Gasteiger partial charge is 0.303 e. The van der Waals surface area contributed by atoms with Crippen LogP contribution in [-0.2, 0) is 19.4 Å². The molecule has 0 aromatic heterocycles. The molecule has 1 aliphatic rings. The summed E-state index contributed by atoms with van der Waals surface area (Å²) in [5.74, 6) is 0. The van der Waals surface area contributed by atoms with Gasteiger partial charge in [-0.3, -0.25) is 0 Å². The molecule has 0 bridgehead atoms. The van der Waals surface area contributed by atoms with Gasteiger partial charge in [0.15, 0.2) is 0 Å². The Morgan fingerprint density at radius 2 is 2.08 bits per heavy atom. The van der Waals surface area contributed by atoms with E-state index in [1.165, 1.54) is 24.8 Å². The van der Waals surface area contributed by atoms with Crippen LogP contribution in [0.2, 0.25) is 0 Å². The van der Waals surface area contributed by atoms with Gasteiger partial charge in [-0.25, -0.2) is 0 Å². The quantitative estimate of drug-likeness (QED) is 0.632. The molecule has 0 heterocycles. The van der Waals surface area contributed by atoms with Crippen LogP contribution in [0.15, 0.2) is 18.2 Å². The first-order valence-corrected chi connectivity index (χ1v) is 5.89. The number of hydrogen-bond acceptors (Lipinski definition) is 1. The van der Waals surface area contributed by atoms with Crippen molar-refractivity contribution >= 4 is 15.9 Å². The van der Waals surface area contributed by atoms with E-state index in [4.69, 9.17) is 0 Å². The van der Waals surface area contributed by atoms with Gasteiger partial charge in [0, 0.05) is 6.54 Å². The molecule has 0 amide bonds. The SMILES string of the molecule is BrCNCc1ccc2c(c1)CCC2. The lowest BCUT2D eigenvalue weighted by Gasteiger charge is -2.04. The zero-order valence-corrected chi connectivity index (χ0v) is 9.23. The normalized spacial score (nSPS) is 14.5. The molecule has 13 heavy (non-hydrogen) atoms. The Bertz CT molecular complexity index is 296. The third-order valence-electron chi connectivity index (χ3n) is 2.59. The van der Waals surface area contributed by atoms with E-state index in [2.05, 4.69) is 39.4 Å². The molecule has 0 atom stereocenters. The van der Waals surface area contributed by atoms with Gasteiger partial charge in [-0.15, -0.1) is 0 Å². The number of rotatable bonds is 3. The fourth-order valence-corrected chi connectivity index (χ4v) is 2.12. The minimum Gasteiger partial charge on any atom is -0.303 e. The molecule has 0 radical (unpaired) electrons. The number of hydrogen-bond donors (Lipinski definition) is 1. The molecule has 0 unspecified atom stereocenters. The van der Waals surface area contributed by atoms with Crippen LogP contribution in [0.1, 0.15) is 23.1 Å². The van der Waals surface area contributed by atoms with Crippen molar-refractivity contribution in [1.29, 1.82) is 0 Å². The second-order valence-corrected chi connectivity index (χ2v) is 4.08. The van der Waals surface area contributed by atoms with Crippen LogP contribution >= 0.6 is 15.9 Å². The Hall–Kier alpha value is -0.340. The lowest BCUT2D eigenvalue weighted by molar-refractivity contribution is 0.800. The van der Waals surface area contributed by atoms with E-state index in [1.54, 1.807) is 11.1 Å². The van der Waals surface area contributed by atoms with Gasteiger partial charge in [0.2, 0.25) is 0 Å². The summed E-state index contributed by atoms with van der Waals surface area (Å²) in [5, 5.41) is 3.27. The molecular weight excluding hydrogens is 226 g/mol. The summed E-state index contributed by atoms with van der Waals surface area (Å²) in [5.41, 5.74) is 5.39. The van der Waals surface area contributed by atoms with E-state index in [1.807, 2.05) is 0 Å². The van der Waals surface area contributed by atoms with Crippen LogP contribution < -0.4 is 5.32 Å². The first-order valence-electron chi connectivity index (χ1n) is 4.77. The van der Waals surface area contributed by atoms with Crippen molar-refractivity contribution in [3.05, 3.63) is 34.9 Å². The van der Waals surface area contributed by atoms with Gasteiger partial charge in [0.25, 0.3) is 0 Å². The third-order valence-corrected chi connectivity index (χ3v) is 2.98. The minimum atomic E-state index is 0.865. The van der Waals surface area contributed by atoms with E-state index in [-0.39, 0.29) is 0 Å². The zero-order valence-electron chi connectivity index (χ0n) is 7.65. The van der Waals surface area contributed by atoms with Crippen molar-refractivity contribution in [2.24, 2.45) is 0 Å². The van der Waals surface area contributed by atoms with Crippen molar-refractivity contribution in [1.82, 2.24) is 5.32 Å². The molecule has 1 aromatic rings. The summed E-state index contributed by atoms with van der Waals surface area (Å²) >= 11 is 3.36. The minimum absolute atomic E-state index is 0.865. The average Bonchev–Trinajstić information content (AvgIpc) is 2.61. The number of aryl methyl sites for hydroxylation is 2. The molecule has 0 saturated carbocycles. The molecule has 0 aliphatic heterocycles. The summed E-state index contributed by atoms with van der Waals surface area (Å²) < 4.78 is 0. The summed E-state index contributed by atoms with van der Waals surface area (Å²) in [4.78, 5) is 0. The topological polar surface area (TPSA) is 12.0 Å². The van der Waals surface area contributed by atoms with Crippen LogP contribution in [0.25, 0.3) is 0 Å². The van der Waals surface area contributed by atoms with Crippen molar-refractivity contribution < 1.29 is 0 Å². The van der Waals surface area contributed by atoms with Crippen LogP contribution in [0.4, 0.5) is 0 Å². The molecule has 0 saturated heterocycles. The number of halogens is 1. The number of benzene rings is 1. The Kier molecular flexibility index (Phi) is 3.01. The first-order chi connectivity index (χ1) is 6.40. The lowest BCUT2D eigenvalue weighted by Crippen LogP contribution is -2.09. The predicted octanol–water partition coefficient (Wildman–Crippen LogP) is 2.62. The Morgan fingerprint density at radius 1 is 1.23 bits per heavy atom. The van der Waals surface area contributed by atoms with Crippen LogP contribution in [-0.4, -0.2) is 5.45 Å². The zero-order chi connectivity index (χ0) is 9.10. The second-order valence-electron chi connectivity index (χ2n) is 3.52. The fourth-order valence-electron chi connectivity index (χ4n) is 1.93. The van der Waals surface area contributed by atoms with E-state index in [0.717, 1.165) is 12.0 Å². The molecule has 1 N–H and O–H groups in total. The molecular formula is C11H14BrN. The summed E-state index contributed by atoms with van der Waals surface area (Å²) in [6.45, 7) is 0.971. The summed E-state index contributed by atoms with van der Waals surface area (Å²) in [6.07, 6.45) is 3.89. The van der Waals surface area contributed by atoms with Gasteiger partial charge in [-0.05, 0) is 36.0 Å². The maximum absolute atomic E-state index is 3.36. The van der Waals surface area contributed by atoms with E-state index in [0.29, 0.717) is 0 Å². The Balaban J connectivity index is 2.12. The van der Waals surface area contributed by atoms with Crippen molar-refractivity contribution in [2.75, 3.05) is 5.45 Å². The highest BCUT2D eigenvalue weighted by molar-refractivity contribution is 9.09. The summed E-state index contributed by atoms with van der Waals surface area (Å²) in [7, 11) is 0. The highest BCUT2D eigenvalue weighted by atomic mass is 79.9. The van der Waals surface area contributed by atoms with Crippen molar-refractivity contribution in [3.8, 4) is 0 Å². The maximum Gasteiger partial charge on any atom is 0.0519 e. The molecule has 1 aliphatic carbocycles. The van der Waals surface area contributed by atoms with E-state index < -0.39 is 0 Å². The van der Waals surface area contributed by atoms with Gasteiger partial charge in [-0.2, -0.15) is 0 Å². The second kappa shape index (κ2) is 4.25. The Morgan fingerprint density at radius 3 is 2.92 bits per heavy atom. The molecule has 2 heteroatoms. The van der Waals surface area contributed by atoms with Crippen LogP contribution in [0, 0.1) is 0 Å².